The zero-order valence-corrected chi connectivity index (χ0v) is 18.0. The Morgan fingerprint density at radius 1 is 0.906 bits per heavy atom. The van der Waals surface area contributed by atoms with Crippen LogP contribution in [0, 0.1) is 11.6 Å². The van der Waals surface area contributed by atoms with Crippen LogP contribution >= 0.6 is 0 Å². The van der Waals surface area contributed by atoms with Crippen LogP contribution in [0.2, 0.25) is 0 Å². The molecule has 1 aromatic heterocycles. The maximum absolute atomic E-state index is 14.9. The van der Waals surface area contributed by atoms with Crippen molar-refractivity contribution < 1.29 is 8.78 Å². The summed E-state index contributed by atoms with van der Waals surface area (Å²) in [5, 5.41) is 4.23. The Labute approximate surface area is 186 Å². The number of likely N-dealkylation sites (tertiary alicyclic amines) is 1. The first-order valence-electron chi connectivity index (χ1n) is 11.0. The maximum Gasteiger partial charge on any atom is 0.131 e. The zero-order valence-electron chi connectivity index (χ0n) is 18.0. The Bertz CT molecular complexity index is 1260. The van der Waals surface area contributed by atoms with Gasteiger partial charge in [0.1, 0.15) is 11.6 Å². The molecule has 1 N–H and O–H groups in total. The van der Waals surface area contributed by atoms with Gasteiger partial charge in [-0.25, -0.2) is 8.78 Å². The third-order valence-electron chi connectivity index (χ3n) is 6.37. The normalized spacial score (nSPS) is 15.2. The topological polar surface area (TPSA) is 28.2 Å². The summed E-state index contributed by atoms with van der Waals surface area (Å²) in [7, 11) is 2.11. The molecule has 1 aliphatic heterocycles. The van der Waals surface area contributed by atoms with Crippen LogP contribution in [0.15, 0.2) is 72.9 Å². The van der Waals surface area contributed by atoms with Gasteiger partial charge in [0, 0.05) is 28.5 Å². The lowest BCUT2D eigenvalue weighted by Crippen LogP contribution is -2.29. The highest BCUT2D eigenvalue weighted by atomic mass is 19.1. The first kappa shape index (κ1) is 20.6. The van der Waals surface area contributed by atoms with E-state index in [4.69, 9.17) is 0 Å². The van der Waals surface area contributed by atoms with E-state index in [1.165, 1.54) is 6.07 Å². The number of fused-ring (bicyclic) bond motifs is 1. The molecular weight excluding hydrogens is 404 g/mol. The fourth-order valence-corrected chi connectivity index (χ4v) is 4.53. The molecule has 1 aliphatic rings. The lowest BCUT2D eigenvalue weighted by atomic mass is 9.89. The summed E-state index contributed by atoms with van der Waals surface area (Å²) in [6.07, 6.45) is 3.68. The maximum atomic E-state index is 14.9. The average Bonchev–Trinajstić information content (AvgIpc) is 2.80. The highest BCUT2D eigenvalue weighted by Crippen LogP contribution is 2.33. The summed E-state index contributed by atoms with van der Waals surface area (Å²) < 4.78 is 29.1. The van der Waals surface area contributed by atoms with Gasteiger partial charge in [-0.2, -0.15) is 0 Å². The molecule has 5 rings (SSSR count). The van der Waals surface area contributed by atoms with E-state index in [-0.39, 0.29) is 17.6 Å². The molecule has 3 nitrogen and oxygen atoms in total. The van der Waals surface area contributed by atoms with Crippen LogP contribution in [0.1, 0.15) is 24.3 Å². The lowest BCUT2D eigenvalue weighted by molar-refractivity contribution is 0.253. The van der Waals surface area contributed by atoms with Crippen molar-refractivity contribution in [1.29, 1.82) is 0 Å². The molecule has 32 heavy (non-hydrogen) atoms. The third kappa shape index (κ3) is 4.08. The van der Waals surface area contributed by atoms with Crippen molar-refractivity contribution in [2.45, 2.75) is 18.8 Å². The van der Waals surface area contributed by atoms with Gasteiger partial charge in [0.2, 0.25) is 0 Å². The number of halogens is 2. The van der Waals surface area contributed by atoms with E-state index in [2.05, 4.69) is 22.2 Å². The smallest absolute Gasteiger partial charge is 0.131 e. The Balaban J connectivity index is 1.42. The minimum atomic E-state index is -0.263. The van der Waals surface area contributed by atoms with Gasteiger partial charge in [-0.1, -0.05) is 36.4 Å². The van der Waals surface area contributed by atoms with Crippen LogP contribution in [0.5, 0.6) is 0 Å². The predicted octanol–water partition coefficient (Wildman–Crippen LogP) is 6.73. The molecule has 162 valence electrons. The molecule has 1 fully saturated rings. The second-order valence-electron chi connectivity index (χ2n) is 8.51. The number of anilines is 2. The molecule has 0 aliphatic carbocycles. The number of aromatic nitrogens is 1. The number of nitrogens with zero attached hydrogens (tertiary/aromatic N) is 2. The summed E-state index contributed by atoms with van der Waals surface area (Å²) in [5.41, 5.74) is 4.40. The fraction of sp³-hybridized carbons (Fsp3) is 0.222. The van der Waals surface area contributed by atoms with Gasteiger partial charge in [-0.15, -0.1) is 0 Å². The molecule has 0 atom stereocenters. The summed E-state index contributed by atoms with van der Waals surface area (Å²) in [6, 6.07) is 19.7. The molecule has 0 unspecified atom stereocenters. The molecule has 4 aromatic rings. The van der Waals surface area contributed by atoms with Crippen LogP contribution in [0.3, 0.4) is 0 Å². The van der Waals surface area contributed by atoms with E-state index < -0.39 is 0 Å². The minimum absolute atomic E-state index is 0.162. The molecule has 0 radical (unpaired) electrons. The summed E-state index contributed by atoms with van der Waals surface area (Å²) in [6.45, 7) is 2.00. The van der Waals surface area contributed by atoms with E-state index in [1.807, 2.05) is 42.5 Å². The van der Waals surface area contributed by atoms with Crippen molar-refractivity contribution in [2.75, 3.05) is 25.5 Å². The van der Waals surface area contributed by atoms with Gasteiger partial charge in [0.15, 0.2) is 0 Å². The highest BCUT2D eigenvalue weighted by molar-refractivity contribution is 5.95. The zero-order chi connectivity index (χ0) is 22.1. The second-order valence-corrected chi connectivity index (χ2v) is 8.51. The SMILES string of the molecule is CN1CCC(c2ccc(Nc3ccnc4cc(-c5ccccc5F)ccc34)cc2F)CC1. The van der Waals surface area contributed by atoms with Gasteiger partial charge in [0.25, 0.3) is 0 Å². The van der Waals surface area contributed by atoms with Crippen molar-refractivity contribution in [3.8, 4) is 11.1 Å². The number of pyridine rings is 1. The molecular formula is C27H25F2N3. The van der Waals surface area contributed by atoms with Crippen molar-refractivity contribution in [2.24, 2.45) is 0 Å². The minimum Gasteiger partial charge on any atom is -0.355 e. The number of hydrogen-bond acceptors (Lipinski definition) is 3. The van der Waals surface area contributed by atoms with Gasteiger partial charge >= 0.3 is 0 Å². The number of benzene rings is 3. The summed E-state index contributed by atoms with van der Waals surface area (Å²) in [4.78, 5) is 6.75. The van der Waals surface area contributed by atoms with Crippen molar-refractivity contribution >= 4 is 22.3 Å². The van der Waals surface area contributed by atoms with E-state index in [1.54, 1.807) is 24.4 Å². The average molecular weight is 430 g/mol. The number of hydrogen-bond donors (Lipinski definition) is 1. The molecule has 0 amide bonds. The monoisotopic (exact) mass is 429 g/mol. The lowest BCUT2D eigenvalue weighted by Gasteiger charge is -2.29. The van der Waals surface area contributed by atoms with Crippen molar-refractivity contribution in [3.63, 3.8) is 0 Å². The molecule has 0 spiro atoms. The number of piperidine rings is 1. The van der Waals surface area contributed by atoms with E-state index in [0.29, 0.717) is 11.3 Å². The van der Waals surface area contributed by atoms with Crippen molar-refractivity contribution in [3.05, 3.63) is 90.1 Å². The largest absolute Gasteiger partial charge is 0.355 e. The third-order valence-corrected chi connectivity index (χ3v) is 6.37. The van der Waals surface area contributed by atoms with Crippen LogP contribution in [0.25, 0.3) is 22.0 Å². The van der Waals surface area contributed by atoms with E-state index >= 15 is 0 Å². The number of nitrogens with one attached hydrogen (secondary N) is 1. The Kier molecular flexibility index (Phi) is 5.58. The Hall–Kier alpha value is -3.31. The van der Waals surface area contributed by atoms with E-state index in [0.717, 1.165) is 53.6 Å². The fourth-order valence-electron chi connectivity index (χ4n) is 4.53. The van der Waals surface area contributed by atoms with E-state index in [9.17, 15) is 8.78 Å². The summed E-state index contributed by atoms with van der Waals surface area (Å²) >= 11 is 0. The molecule has 1 saturated heterocycles. The molecule has 0 bridgehead atoms. The summed E-state index contributed by atoms with van der Waals surface area (Å²) in [5.74, 6) is -0.148. The van der Waals surface area contributed by atoms with Crippen molar-refractivity contribution in [1.82, 2.24) is 9.88 Å². The molecule has 0 saturated carbocycles. The van der Waals surface area contributed by atoms with Gasteiger partial charge in [0.05, 0.1) is 5.52 Å². The highest BCUT2D eigenvalue weighted by Gasteiger charge is 2.21. The van der Waals surface area contributed by atoms with Crippen LogP contribution < -0.4 is 5.32 Å². The Morgan fingerprint density at radius 3 is 2.50 bits per heavy atom. The number of rotatable bonds is 4. The molecule has 3 aromatic carbocycles. The van der Waals surface area contributed by atoms with Gasteiger partial charge in [-0.05, 0) is 80.4 Å². The Morgan fingerprint density at radius 2 is 1.72 bits per heavy atom. The van der Waals surface area contributed by atoms with Crippen LogP contribution in [-0.4, -0.2) is 30.0 Å². The quantitative estimate of drug-likeness (QED) is 0.390. The first-order chi connectivity index (χ1) is 15.6. The van der Waals surface area contributed by atoms with Gasteiger partial charge < -0.3 is 10.2 Å². The van der Waals surface area contributed by atoms with Gasteiger partial charge in [-0.3, -0.25) is 4.98 Å². The standard InChI is InChI=1S/C27H25F2N3/c1-32-14-11-18(12-15-32)22-9-7-20(17-25(22)29)31-26-10-13-30-27-16-19(6-8-23(26)27)21-4-2-3-5-24(21)28/h2-10,13,16-18H,11-12,14-15H2,1H3,(H,30,31). The van der Waals surface area contributed by atoms with Crippen LogP contribution in [-0.2, 0) is 0 Å². The predicted molar refractivity (Wildman–Crippen MR) is 126 cm³/mol. The molecule has 2 heterocycles. The second kappa shape index (κ2) is 8.67. The molecule has 5 heteroatoms. The van der Waals surface area contributed by atoms with Crippen LogP contribution in [0.4, 0.5) is 20.2 Å². The first-order valence-corrected chi connectivity index (χ1v) is 11.0.